The van der Waals surface area contributed by atoms with Gasteiger partial charge in [0.15, 0.2) is 11.5 Å². The van der Waals surface area contributed by atoms with E-state index in [4.69, 9.17) is 9.47 Å². The van der Waals surface area contributed by atoms with Crippen molar-refractivity contribution >= 4 is 0 Å². The van der Waals surface area contributed by atoms with Crippen LogP contribution in [0.5, 0.6) is 17.2 Å². The minimum absolute atomic E-state index is 0.229. The highest BCUT2D eigenvalue weighted by Crippen LogP contribution is 2.35. The van der Waals surface area contributed by atoms with Gasteiger partial charge >= 0.3 is 0 Å². The fraction of sp³-hybridized carbons (Fsp3) is 0.400. The molecule has 2 aromatic carbocycles. The second-order valence-corrected chi connectivity index (χ2v) is 6.32. The number of ether oxygens (including phenoxy) is 2. The number of phenols is 1. The van der Waals surface area contributed by atoms with E-state index in [9.17, 15) is 5.11 Å². The second kappa shape index (κ2) is 7.14. The van der Waals surface area contributed by atoms with Crippen LogP contribution in [0.15, 0.2) is 36.4 Å². The predicted octanol–water partition coefficient (Wildman–Crippen LogP) is 3.75. The van der Waals surface area contributed by atoms with Gasteiger partial charge < -0.3 is 14.6 Å². The van der Waals surface area contributed by atoms with E-state index in [0.717, 1.165) is 31.7 Å². The summed E-state index contributed by atoms with van der Waals surface area (Å²) in [6, 6.07) is 12.5. The number of hydrogen-bond donors (Lipinski definition) is 1. The number of hydrogen-bond acceptors (Lipinski definition) is 4. The minimum atomic E-state index is 0.229. The third-order valence-corrected chi connectivity index (χ3v) is 4.84. The van der Waals surface area contributed by atoms with E-state index in [-0.39, 0.29) is 5.75 Å². The lowest BCUT2D eigenvalue weighted by molar-refractivity contribution is 0.157. The van der Waals surface area contributed by atoms with Crippen LogP contribution in [0.3, 0.4) is 0 Å². The zero-order chi connectivity index (χ0) is 17.1. The van der Waals surface area contributed by atoms with Crippen LogP contribution in [0, 0.1) is 0 Å². The zero-order valence-electron chi connectivity index (χ0n) is 14.6. The van der Waals surface area contributed by atoms with Crippen molar-refractivity contribution in [2.45, 2.75) is 38.9 Å². The number of benzene rings is 2. The van der Waals surface area contributed by atoms with Crippen molar-refractivity contribution in [3.05, 3.63) is 53.1 Å². The van der Waals surface area contributed by atoms with Gasteiger partial charge in [-0.15, -0.1) is 0 Å². The molecule has 1 aliphatic rings. The van der Waals surface area contributed by atoms with Crippen LogP contribution in [-0.4, -0.2) is 30.3 Å². The van der Waals surface area contributed by atoms with E-state index in [1.54, 1.807) is 14.2 Å². The van der Waals surface area contributed by atoms with Crippen LogP contribution < -0.4 is 9.47 Å². The number of phenolic OH excluding ortho intramolecular Hbond substituents is 1. The molecule has 3 rings (SSSR count). The van der Waals surface area contributed by atoms with Crippen LogP contribution in [0.25, 0.3) is 0 Å². The molecule has 0 amide bonds. The molecule has 4 nitrogen and oxygen atoms in total. The number of aromatic hydroxyl groups is 1. The van der Waals surface area contributed by atoms with Gasteiger partial charge in [-0.3, -0.25) is 4.90 Å². The Morgan fingerprint density at radius 2 is 1.96 bits per heavy atom. The van der Waals surface area contributed by atoms with E-state index >= 15 is 0 Å². The van der Waals surface area contributed by atoms with Gasteiger partial charge in [0.2, 0.25) is 0 Å². The molecule has 1 aliphatic heterocycles. The molecular formula is C20H25NO3. The van der Waals surface area contributed by atoms with Gasteiger partial charge in [-0.1, -0.05) is 19.1 Å². The van der Waals surface area contributed by atoms with Crippen molar-refractivity contribution in [1.29, 1.82) is 0 Å². The molecule has 0 aliphatic carbocycles. The molecule has 1 unspecified atom stereocenters. The summed E-state index contributed by atoms with van der Waals surface area (Å²) in [5.41, 5.74) is 3.71. The van der Waals surface area contributed by atoms with Gasteiger partial charge in [0.25, 0.3) is 0 Å². The first-order valence-corrected chi connectivity index (χ1v) is 8.40. The summed E-state index contributed by atoms with van der Waals surface area (Å²) in [5, 5.41) is 10.0. The van der Waals surface area contributed by atoms with E-state index in [0.29, 0.717) is 11.8 Å². The Hall–Kier alpha value is -2.20. The molecule has 0 saturated carbocycles. The van der Waals surface area contributed by atoms with Crippen molar-refractivity contribution in [2.75, 3.05) is 14.2 Å². The first-order chi connectivity index (χ1) is 11.6. The molecule has 0 aromatic heterocycles. The summed E-state index contributed by atoms with van der Waals surface area (Å²) in [6.45, 7) is 3.97. The average Bonchev–Trinajstić information content (AvgIpc) is 2.61. The molecule has 0 radical (unpaired) electrons. The molecule has 2 aromatic rings. The number of fused-ring (bicyclic) bond motifs is 1. The normalized spacial score (nSPS) is 17.4. The fourth-order valence-corrected chi connectivity index (χ4v) is 3.48. The lowest BCUT2D eigenvalue weighted by Gasteiger charge is -2.37. The summed E-state index contributed by atoms with van der Waals surface area (Å²) in [5.74, 6) is 1.67. The van der Waals surface area contributed by atoms with Gasteiger partial charge in [0, 0.05) is 19.1 Å². The highest BCUT2D eigenvalue weighted by molar-refractivity contribution is 5.47. The summed E-state index contributed by atoms with van der Waals surface area (Å²) in [4.78, 5) is 2.49. The van der Waals surface area contributed by atoms with E-state index in [1.807, 2.05) is 24.3 Å². The quantitative estimate of drug-likeness (QED) is 0.908. The predicted molar refractivity (Wildman–Crippen MR) is 94.7 cm³/mol. The Balaban J connectivity index is 1.85. The third kappa shape index (κ3) is 3.34. The molecule has 24 heavy (non-hydrogen) atoms. The summed E-state index contributed by atoms with van der Waals surface area (Å²) < 4.78 is 10.6. The van der Waals surface area contributed by atoms with Crippen molar-refractivity contribution in [3.8, 4) is 17.2 Å². The molecule has 0 saturated heterocycles. The Bertz CT molecular complexity index is 714. The first kappa shape index (κ1) is 16.7. The molecular weight excluding hydrogens is 302 g/mol. The first-order valence-electron chi connectivity index (χ1n) is 8.40. The molecule has 128 valence electrons. The van der Waals surface area contributed by atoms with Gasteiger partial charge in [-0.25, -0.2) is 0 Å². The molecule has 0 bridgehead atoms. The van der Waals surface area contributed by atoms with Crippen LogP contribution in [0.2, 0.25) is 0 Å². The SMILES string of the molecule is CCC1Cc2cc(O)c(OC)cc2CN1Cc1cccc(OC)c1. The Morgan fingerprint density at radius 1 is 1.12 bits per heavy atom. The van der Waals surface area contributed by atoms with Crippen LogP contribution in [0.4, 0.5) is 0 Å². The largest absolute Gasteiger partial charge is 0.504 e. The average molecular weight is 327 g/mol. The van der Waals surface area contributed by atoms with Crippen molar-refractivity contribution < 1.29 is 14.6 Å². The maximum atomic E-state index is 10.0. The van der Waals surface area contributed by atoms with E-state index in [1.165, 1.54) is 16.7 Å². The van der Waals surface area contributed by atoms with Gasteiger partial charge in [-0.2, -0.15) is 0 Å². The lowest BCUT2D eigenvalue weighted by Crippen LogP contribution is -2.39. The topological polar surface area (TPSA) is 41.9 Å². The maximum Gasteiger partial charge on any atom is 0.160 e. The van der Waals surface area contributed by atoms with E-state index < -0.39 is 0 Å². The van der Waals surface area contributed by atoms with Crippen molar-refractivity contribution in [3.63, 3.8) is 0 Å². The lowest BCUT2D eigenvalue weighted by atomic mass is 9.91. The number of nitrogens with zero attached hydrogens (tertiary/aromatic N) is 1. The van der Waals surface area contributed by atoms with Gasteiger partial charge in [0.1, 0.15) is 5.75 Å². The van der Waals surface area contributed by atoms with Crippen LogP contribution in [-0.2, 0) is 19.5 Å². The molecule has 1 atom stereocenters. The maximum absolute atomic E-state index is 10.0. The monoisotopic (exact) mass is 327 g/mol. The highest BCUT2D eigenvalue weighted by Gasteiger charge is 2.26. The highest BCUT2D eigenvalue weighted by atomic mass is 16.5. The standard InChI is InChI=1S/C20H25NO3/c1-4-17-9-15-10-19(22)20(24-3)11-16(15)13-21(17)12-14-6-5-7-18(8-14)23-2/h5-8,10-11,17,22H,4,9,12-13H2,1-3H3. The smallest absolute Gasteiger partial charge is 0.160 e. The summed E-state index contributed by atoms with van der Waals surface area (Å²) in [6.07, 6.45) is 2.03. The van der Waals surface area contributed by atoms with E-state index in [2.05, 4.69) is 24.0 Å². The summed E-state index contributed by atoms with van der Waals surface area (Å²) >= 11 is 0. The summed E-state index contributed by atoms with van der Waals surface area (Å²) in [7, 11) is 3.29. The van der Waals surface area contributed by atoms with Gasteiger partial charge in [-0.05, 0) is 53.8 Å². The number of methoxy groups -OCH3 is 2. The Kier molecular flexibility index (Phi) is 4.95. The fourth-order valence-electron chi connectivity index (χ4n) is 3.48. The van der Waals surface area contributed by atoms with Crippen molar-refractivity contribution in [2.24, 2.45) is 0 Å². The van der Waals surface area contributed by atoms with Crippen LogP contribution >= 0.6 is 0 Å². The molecule has 1 heterocycles. The van der Waals surface area contributed by atoms with Crippen molar-refractivity contribution in [1.82, 2.24) is 4.90 Å². The molecule has 1 N–H and O–H groups in total. The molecule has 0 fully saturated rings. The second-order valence-electron chi connectivity index (χ2n) is 6.32. The zero-order valence-corrected chi connectivity index (χ0v) is 14.6. The number of rotatable bonds is 5. The minimum Gasteiger partial charge on any atom is -0.504 e. The van der Waals surface area contributed by atoms with Gasteiger partial charge in [0.05, 0.1) is 14.2 Å². The van der Waals surface area contributed by atoms with Crippen LogP contribution in [0.1, 0.15) is 30.0 Å². The Labute approximate surface area is 143 Å². The third-order valence-electron chi connectivity index (χ3n) is 4.84. The molecule has 4 heteroatoms. The Morgan fingerprint density at radius 3 is 2.67 bits per heavy atom. The molecule has 0 spiro atoms.